The third kappa shape index (κ3) is 3.88. The molecule has 0 saturated carbocycles. The summed E-state index contributed by atoms with van der Waals surface area (Å²) in [5, 5.41) is 4.00. The minimum atomic E-state index is -0.0597. The molecule has 0 unspecified atom stereocenters. The van der Waals surface area contributed by atoms with Gasteiger partial charge in [-0.3, -0.25) is 0 Å². The summed E-state index contributed by atoms with van der Waals surface area (Å²) in [6, 6.07) is 13.8. The highest BCUT2D eigenvalue weighted by molar-refractivity contribution is 9.10. The van der Waals surface area contributed by atoms with E-state index >= 15 is 0 Å². The molecule has 0 atom stereocenters. The van der Waals surface area contributed by atoms with Crippen LogP contribution in [-0.4, -0.2) is 47.1 Å². The predicted molar refractivity (Wildman–Crippen MR) is 111 cm³/mol. The first-order chi connectivity index (χ1) is 13.1. The molecule has 7 heteroatoms. The third-order valence-corrected chi connectivity index (χ3v) is 5.21. The molecule has 0 aliphatic carbocycles. The van der Waals surface area contributed by atoms with Gasteiger partial charge in [0.25, 0.3) is 0 Å². The van der Waals surface area contributed by atoms with Crippen molar-refractivity contribution in [3.05, 3.63) is 58.8 Å². The van der Waals surface area contributed by atoms with Crippen LogP contribution in [0.5, 0.6) is 0 Å². The van der Waals surface area contributed by atoms with Gasteiger partial charge < -0.3 is 15.1 Å². The highest BCUT2D eigenvalue weighted by Gasteiger charge is 2.23. The van der Waals surface area contributed by atoms with Gasteiger partial charge in [0.05, 0.1) is 5.52 Å². The molecule has 1 fully saturated rings. The van der Waals surface area contributed by atoms with Gasteiger partial charge in [0.1, 0.15) is 12.1 Å². The van der Waals surface area contributed by atoms with Crippen molar-refractivity contribution in [2.75, 3.05) is 36.4 Å². The van der Waals surface area contributed by atoms with Crippen LogP contribution in [0.4, 0.5) is 16.3 Å². The van der Waals surface area contributed by atoms with Gasteiger partial charge in [-0.15, -0.1) is 0 Å². The molecule has 1 aliphatic heterocycles. The number of piperazine rings is 1. The van der Waals surface area contributed by atoms with Crippen LogP contribution < -0.4 is 10.2 Å². The number of amides is 2. The molecule has 0 radical (unpaired) electrons. The number of fused-ring (bicyclic) bond motifs is 1. The van der Waals surface area contributed by atoms with Gasteiger partial charge in [0, 0.05) is 41.7 Å². The number of nitrogens with one attached hydrogen (secondary N) is 1. The number of rotatable bonds is 2. The number of nitrogens with zero attached hydrogens (tertiary/aromatic N) is 4. The Bertz CT molecular complexity index is 985. The SMILES string of the molecule is Cc1cccc(NC(=O)N2CCN(c3ncnc4ccc(Br)cc34)CC2)c1. The van der Waals surface area contributed by atoms with E-state index in [9.17, 15) is 4.79 Å². The van der Waals surface area contributed by atoms with Crippen LogP contribution in [0.15, 0.2) is 53.3 Å². The Balaban J connectivity index is 1.45. The molecule has 2 aromatic carbocycles. The van der Waals surface area contributed by atoms with Crippen molar-refractivity contribution < 1.29 is 4.79 Å². The average molecular weight is 426 g/mol. The van der Waals surface area contributed by atoms with Gasteiger partial charge in [-0.1, -0.05) is 28.1 Å². The zero-order chi connectivity index (χ0) is 18.8. The number of hydrogen-bond acceptors (Lipinski definition) is 4. The summed E-state index contributed by atoms with van der Waals surface area (Å²) >= 11 is 3.52. The van der Waals surface area contributed by atoms with Crippen LogP contribution in [0.25, 0.3) is 10.9 Å². The summed E-state index contributed by atoms with van der Waals surface area (Å²) in [6.45, 7) is 4.78. The van der Waals surface area contributed by atoms with E-state index in [1.54, 1.807) is 6.33 Å². The molecule has 4 rings (SSSR count). The highest BCUT2D eigenvalue weighted by Crippen LogP contribution is 2.26. The minimum Gasteiger partial charge on any atom is -0.352 e. The summed E-state index contributed by atoms with van der Waals surface area (Å²) in [5.41, 5.74) is 2.87. The molecule has 6 nitrogen and oxygen atoms in total. The van der Waals surface area contributed by atoms with E-state index in [2.05, 4.69) is 36.1 Å². The average Bonchev–Trinajstić information content (AvgIpc) is 2.67. The van der Waals surface area contributed by atoms with Crippen molar-refractivity contribution in [1.29, 1.82) is 0 Å². The summed E-state index contributed by atoms with van der Waals surface area (Å²) in [4.78, 5) is 25.4. The minimum absolute atomic E-state index is 0.0597. The van der Waals surface area contributed by atoms with Crippen molar-refractivity contribution in [2.45, 2.75) is 6.92 Å². The number of urea groups is 1. The lowest BCUT2D eigenvalue weighted by Crippen LogP contribution is -2.50. The van der Waals surface area contributed by atoms with Gasteiger partial charge in [-0.2, -0.15) is 0 Å². The molecule has 1 N–H and O–H groups in total. The number of aryl methyl sites for hydroxylation is 1. The Labute approximate surface area is 166 Å². The van der Waals surface area contributed by atoms with Gasteiger partial charge in [0.2, 0.25) is 0 Å². The van der Waals surface area contributed by atoms with Crippen LogP contribution in [0.3, 0.4) is 0 Å². The van der Waals surface area contributed by atoms with Gasteiger partial charge >= 0.3 is 6.03 Å². The van der Waals surface area contributed by atoms with Crippen molar-refractivity contribution in [2.24, 2.45) is 0 Å². The fourth-order valence-corrected chi connectivity index (χ4v) is 3.68. The smallest absolute Gasteiger partial charge is 0.321 e. The first kappa shape index (κ1) is 17.7. The summed E-state index contributed by atoms with van der Waals surface area (Å²) in [5.74, 6) is 0.917. The number of carbonyl (C=O) groups excluding carboxylic acids is 1. The van der Waals surface area contributed by atoms with Crippen molar-refractivity contribution in [3.8, 4) is 0 Å². The molecule has 1 aromatic heterocycles. The second-order valence-electron chi connectivity index (χ2n) is 6.63. The van der Waals surface area contributed by atoms with Crippen LogP contribution in [0.2, 0.25) is 0 Å². The first-order valence-electron chi connectivity index (χ1n) is 8.88. The van der Waals surface area contributed by atoms with Crippen LogP contribution in [0, 0.1) is 6.92 Å². The normalized spacial score (nSPS) is 14.4. The molecule has 2 heterocycles. The second kappa shape index (κ2) is 7.52. The maximum absolute atomic E-state index is 12.5. The topological polar surface area (TPSA) is 61.4 Å². The zero-order valence-electron chi connectivity index (χ0n) is 15.0. The Kier molecular flexibility index (Phi) is 4.94. The third-order valence-electron chi connectivity index (χ3n) is 4.71. The number of aromatic nitrogens is 2. The summed E-state index contributed by atoms with van der Waals surface area (Å²) < 4.78 is 1.00. The molecular formula is C20H20BrN5O. The molecular weight excluding hydrogens is 406 g/mol. The van der Waals surface area contributed by atoms with E-state index in [0.717, 1.165) is 45.5 Å². The van der Waals surface area contributed by atoms with E-state index in [1.807, 2.05) is 54.3 Å². The molecule has 138 valence electrons. The van der Waals surface area contributed by atoms with Crippen molar-refractivity contribution in [1.82, 2.24) is 14.9 Å². The number of hydrogen-bond donors (Lipinski definition) is 1. The zero-order valence-corrected chi connectivity index (χ0v) is 16.6. The predicted octanol–water partition coefficient (Wildman–Crippen LogP) is 4.05. The molecule has 0 bridgehead atoms. The number of carbonyl (C=O) groups is 1. The van der Waals surface area contributed by atoms with Crippen LogP contribution in [0.1, 0.15) is 5.56 Å². The van der Waals surface area contributed by atoms with E-state index in [1.165, 1.54) is 0 Å². The van der Waals surface area contributed by atoms with Crippen LogP contribution in [-0.2, 0) is 0 Å². The standard InChI is InChI=1S/C20H20BrN5O/c1-14-3-2-4-16(11-14)24-20(27)26-9-7-25(8-10-26)19-17-12-15(21)5-6-18(17)22-13-23-19/h2-6,11-13H,7-10H2,1H3,(H,24,27). The number of halogens is 1. The summed E-state index contributed by atoms with van der Waals surface area (Å²) in [7, 11) is 0. The maximum atomic E-state index is 12.5. The monoisotopic (exact) mass is 425 g/mol. The Hall–Kier alpha value is -2.67. The maximum Gasteiger partial charge on any atom is 0.321 e. The van der Waals surface area contributed by atoms with E-state index in [0.29, 0.717) is 13.1 Å². The molecule has 3 aromatic rings. The molecule has 2 amide bonds. The fourth-order valence-electron chi connectivity index (χ4n) is 3.31. The van der Waals surface area contributed by atoms with E-state index < -0.39 is 0 Å². The number of anilines is 2. The van der Waals surface area contributed by atoms with E-state index in [-0.39, 0.29) is 6.03 Å². The molecule has 27 heavy (non-hydrogen) atoms. The van der Waals surface area contributed by atoms with Crippen molar-refractivity contribution in [3.63, 3.8) is 0 Å². The Morgan fingerprint density at radius 3 is 2.67 bits per heavy atom. The largest absolute Gasteiger partial charge is 0.352 e. The summed E-state index contributed by atoms with van der Waals surface area (Å²) in [6.07, 6.45) is 1.60. The van der Waals surface area contributed by atoms with E-state index in [4.69, 9.17) is 0 Å². The second-order valence-corrected chi connectivity index (χ2v) is 7.55. The lowest BCUT2D eigenvalue weighted by Gasteiger charge is -2.35. The Morgan fingerprint density at radius 1 is 1.07 bits per heavy atom. The fraction of sp³-hybridized carbons (Fsp3) is 0.250. The first-order valence-corrected chi connectivity index (χ1v) is 9.67. The highest BCUT2D eigenvalue weighted by atomic mass is 79.9. The molecule has 0 spiro atoms. The van der Waals surface area contributed by atoms with Crippen LogP contribution >= 0.6 is 15.9 Å². The lowest BCUT2D eigenvalue weighted by molar-refractivity contribution is 0.208. The number of benzene rings is 2. The quantitative estimate of drug-likeness (QED) is 0.672. The van der Waals surface area contributed by atoms with Gasteiger partial charge in [0.15, 0.2) is 0 Å². The van der Waals surface area contributed by atoms with Crippen molar-refractivity contribution >= 4 is 44.4 Å². The molecule has 1 saturated heterocycles. The Morgan fingerprint density at radius 2 is 1.89 bits per heavy atom. The van der Waals surface area contributed by atoms with Gasteiger partial charge in [-0.05, 0) is 42.8 Å². The molecule has 1 aliphatic rings. The lowest BCUT2D eigenvalue weighted by atomic mass is 10.2. The van der Waals surface area contributed by atoms with Gasteiger partial charge in [-0.25, -0.2) is 14.8 Å².